The molecule has 0 spiro atoms. The number of carbonyl (C=O) groups excluding carboxylic acids is 1. The van der Waals surface area contributed by atoms with Gasteiger partial charge in [-0.15, -0.1) is 0 Å². The van der Waals surface area contributed by atoms with Crippen LogP contribution in [0.2, 0.25) is 0 Å². The monoisotopic (exact) mass is 356 g/mol. The van der Waals surface area contributed by atoms with Gasteiger partial charge in [0.05, 0.1) is 12.4 Å². The Bertz CT molecular complexity index is 1010. The van der Waals surface area contributed by atoms with E-state index in [1.54, 1.807) is 12.4 Å². The van der Waals surface area contributed by atoms with Gasteiger partial charge in [0.2, 0.25) is 0 Å². The largest absolute Gasteiger partial charge is 0.325 e. The zero-order valence-electron chi connectivity index (χ0n) is 15.2. The highest BCUT2D eigenvalue weighted by Gasteiger charge is 2.32. The second kappa shape index (κ2) is 6.20. The summed E-state index contributed by atoms with van der Waals surface area (Å²) in [5.41, 5.74) is 5.07. The van der Waals surface area contributed by atoms with Gasteiger partial charge in [-0.2, -0.15) is 0 Å². The Morgan fingerprint density at radius 2 is 1.70 bits per heavy atom. The smallest absolute Gasteiger partial charge is 0.278 e. The van der Waals surface area contributed by atoms with Gasteiger partial charge in [-0.1, -0.05) is 36.4 Å². The predicted octanol–water partition coefficient (Wildman–Crippen LogP) is 3.76. The van der Waals surface area contributed by atoms with E-state index in [2.05, 4.69) is 46.1 Å². The lowest BCUT2D eigenvalue weighted by Crippen LogP contribution is -2.36. The van der Waals surface area contributed by atoms with E-state index in [1.165, 1.54) is 16.8 Å². The Morgan fingerprint density at radius 1 is 0.963 bits per heavy atom. The first-order valence-electron chi connectivity index (χ1n) is 9.31. The van der Waals surface area contributed by atoms with Crippen LogP contribution in [0.15, 0.2) is 60.9 Å². The lowest BCUT2D eigenvalue weighted by molar-refractivity contribution is 0.0976. The summed E-state index contributed by atoms with van der Waals surface area (Å²) in [4.78, 5) is 26.1. The van der Waals surface area contributed by atoms with Crippen molar-refractivity contribution in [1.82, 2.24) is 9.97 Å². The minimum Gasteiger partial charge on any atom is -0.325 e. The second-order valence-corrected chi connectivity index (χ2v) is 7.15. The molecule has 0 aliphatic carbocycles. The molecule has 27 heavy (non-hydrogen) atoms. The average molecular weight is 356 g/mol. The van der Waals surface area contributed by atoms with Crippen molar-refractivity contribution in [2.75, 3.05) is 16.3 Å². The summed E-state index contributed by atoms with van der Waals surface area (Å²) >= 11 is 0. The molecule has 2 aliphatic rings. The number of amides is 1. The first-order chi connectivity index (χ1) is 13.2. The zero-order chi connectivity index (χ0) is 18.4. The third-order valence-electron chi connectivity index (χ3n) is 5.45. The molecule has 0 saturated carbocycles. The Balaban J connectivity index is 1.42. The maximum Gasteiger partial charge on any atom is 0.278 e. The molecule has 0 saturated heterocycles. The molecule has 1 amide bonds. The van der Waals surface area contributed by atoms with E-state index in [0.29, 0.717) is 5.69 Å². The molecule has 3 heterocycles. The van der Waals surface area contributed by atoms with E-state index in [0.717, 1.165) is 30.9 Å². The Labute approximate surface area is 158 Å². The van der Waals surface area contributed by atoms with E-state index in [-0.39, 0.29) is 11.9 Å². The van der Waals surface area contributed by atoms with Gasteiger partial charge in [0.1, 0.15) is 5.69 Å². The van der Waals surface area contributed by atoms with Gasteiger partial charge in [0.25, 0.3) is 5.91 Å². The minimum atomic E-state index is -0.0895. The van der Waals surface area contributed by atoms with Gasteiger partial charge < -0.3 is 9.80 Å². The van der Waals surface area contributed by atoms with E-state index in [1.807, 2.05) is 29.2 Å². The lowest BCUT2D eigenvalue weighted by atomic mass is 10.1. The molecule has 5 rings (SSSR count). The quantitative estimate of drug-likeness (QED) is 0.701. The van der Waals surface area contributed by atoms with Gasteiger partial charge >= 0.3 is 0 Å². The number of hydrogen-bond acceptors (Lipinski definition) is 4. The lowest BCUT2D eigenvalue weighted by Gasteiger charge is -2.22. The van der Waals surface area contributed by atoms with Crippen LogP contribution < -0.4 is 9.80 Å². The van der Waals surface area contributed by atoms with Crippen LogP contribution in [-0.4, -0.2) is 28.5 Å². The fraction of sp³-hybridized carbons (Fsp3) is 0.227. The molecule has 5 nitrogen and oxygen atoms in total. The number of anilines is 3. The first kappa shape index (κ1) is 16.0. The van der Waals surface area contributed by atoms with Gasteiger partial charge in [-0.3, -0.25) is 4.79 Å². The van der Waals surface area contributed by atoms with Crippen molar-refractivity contribution in [3.8, 4) is 0 Å². The highest BCUT2D eigenvalue weighted by molar-refractivity contribution is 6.06. The zero-order valence-corrected chi connectivity index (χ0v) is 15.2. The molecule has 1 atom stereocenters. The van der Waals surface area contributed by atoms with Crippen LogP contribution in [0.4, 0.5) is 17.2 Å². The number of nitrogens with zero attached hydrogens (tertiary/aromatic N) is 4. The molecule has 0 bridgehead atoms. The highest BCUT2D eigenvalue weighted by atomic mass is 16.2. The molecule has 2 aromatic carbocycles. The molecule has 5 heteroatoms. The number of aromatic nitrogens is 2. The summed E-state index contributed by atoms with van der Waals surface area (Å²) in [5, 5.41) is 0. The van der Waals surface area contributed by atoms with Crippen LogP contribution in [0.25, 0.3) is 0 Å². The summed E-state index contributed by atoms with van der Waals surface area (Å²) in [6.45, 7) is 2.96. The standard InChI is InChI=1S/C22H20N4O/c1-15-12-17-7-3-5-9-20(17)26(15)22(27)18-13-24-21(14-23-18)25-11-10-16-6-2-4-8-19(16)25/h2-9,13-15H,10-12H2,1H3. The number of para-hydroxylation sites is 2. The van der Waals surface area contributed by atoms with Crippen molar-refractivity contribution in [3.05, 3.63) is 77.7 Å². The molecule has 0 N–H and O–H groups in total. The van der Waals surface area contributed by atoms with Crippen LogP contribution in [0, 0.1) is 0 Å². The third-order valence-corrected chi connectivity index (χ3v) is 5.45. The summed E-state index contributed by atoms with van der Waals surface area (Å²) < 4.78 is 0. The number of carbonyl (C=O) groups is 1. The molecule has 1 unspecified atom stereocenters. The van der Waals surface area contributed by atoms with E-state index in [9.17, 15) is 4.79 Å². The Hall–Kier alpha value is -3.21. The van der Waals surface area contributed by atoms with Crippen LogP contribution in [0.1, 0.15) is 28.5 Å². The fourth-order valence-electron chi connectivity index (χ4n) is 4.15. The SMILES string of the molecule is CC1Cc2ccccc2N1C(=O)c1cnc(N2CCc3ccccc32)cn1. The minimum absolute atomic E-state index is 0.0895. The topological polar surface area (TPSA) is 49.3 Å². The van der Waals surface area contributed by atoms with Crippen molar-refractivity contribution in [1.29, 1.82) is 0 Å². The molecule has 3 aromatic rings. The average Bonchev–Trinajstić information content (AvgIpc) is 3.28. The van der Waals surface area contributed by atoms with Crippen LogP contribution >= 0.6 is 0 Å². The number of benzene rings is 2. The Morgan fingerprint density at radius 3 is 2.48 bits per heavy atom. The molecule has 1 aromatic heterocycles. The van der Waals surface area contributed by atoms with Crippen LogP contribution in [0.3, 0.4) is 0 Å². The summed E-state index contributed by atoms with van der Waals surface area (Å²) in [7, 11) is 0. The molecule has 0 radical (unpaired) electrons. The summed E-state index contributed by atoms with van der Waals surface area (Å²) in [6, 6.07) is 16.5. The van der Waals surface area contributed by atoms with Gasteiger partial charge in [0.15, 0.2) is 5.82 Å². The second-order valence-electron chi connectivity index (χ2n) is 7.15. The molecular weight excluding hydrogens is 336 g/mol. The van der Waals surface area contributed by atoms with Gasteiger partial charge in [-0.05, 0) is 43.0 Å². The van der Waals surface area contributed by atoms with E-state index in [4.69, 9.17) is 0 Å². The molecule has 0 fully saturated rings. The van der Waals surface area contributed by atoms with Crippen molar-refractivity contribution < 1.29 is 4.79 Å². The maximum atomic E-state index is 13.1. The van der Waals surface area contributed by atoms with Crippen molar-refractivity contribution >= 4 is 23.1 Å². The summed E-state index contributed by atoms with van der Waals surface area (Å²) in [5.74, 6) is 0.694. The van der Waals surface area contributed by atoms with E-state index < -0.39 is 0 Å². The molecular formula is C22H20N4O. The number of hydrogen-bond donors (Lipinski definition) is 0. The van der Waals surface area contributed by atoms with Crippen molar-refractivity contribution in [3.63, 3.8) is 0 Å². The van der Waals surface area contributed by atoms with Crippen molar-refractivity contribution in [2.24, 2.45) is 0 Å². The van der Waals surface area contributed by atoms with Gasteiger partial charge in [-0.25, -0.2) is 9.97 Å². The van der Waals surface area contributed by atoms with Crippen molar-refractivity contribution in [2.45, 2.75) is 25.8 Å². The Kier molecular flexibility index (Phi) is 3.67. The highest BCUT2D eigenvalue weighted by Crippen LogP contribution is 2.34. The normalized spacial score (nSPS) is 17.7. The maximum absolute atomic E-state index is 13.1. The van der Waals surface area contributed by atoms with Crippen LogP contribution in [0.5, 0.6) is 0 Å². The van der Waals surface area contributed by atoms with E-state index >= 15 is 0 Å². The third kappa shape index (κ3) is 2.58. The first-order valence-corrected chi connectivity index (χ1v) is 9.31. The molecule has 134 valence electrons. The predicted molar refractivity (Wildman–Crippen MR) is 106 cm³/mol. The van der Waals surface area contributed by atoms with Gasteiger partial charge in [0, 0.05) is 24.0 Å². The fourth-order valence-corrected chi connectivity index (χ4v) is 4.15. The number of fused-ring (bicyclic) bond motifs is 2. The summed E-state index contributed by atoms with van der Waals surface area (Å²) in [6.07, 6.45) is 5.19. The van der Waals surface area contributed by atoms with Crippen LogP contribution in [-0.2, 0) is 12.8 Å². The molecule has 2 aliphatic heterocycles. The number of rotatable bonds is 2.